The van der Waals surface area contributed by atoms with Gasteiger partial charge in [0.25, 0.3) is 5.91 Å². The summed E-state index contributed by atoms with van der Waals surface area (Å²) in [4.78, 5) is 26.4. The van der Waals surface area contributed by atoms with E-state index < -0.39 is 12.1 Å². The minimum absolute atomic E-state index is 0.177. The van der Waals surface area contributed by atoms with Gasteiger partial charge in [0.05, 0.1) is 21.3 Å². The van der Waals surface area contributed by atoms with Crippen molar-refractivity contribution < 1.29 is 28.5 Å². The first-order valence-electron chi connectivity index (χ1n) is 7.81. The van der Waals surface area contributed by atoms with Crippen LogP contribution in [-0.2, 0) is 9.53 Å². The highest BCUT2D eigenvalue weighted by molar-refractivity contribution is 5.95. The number of esters is 1. The number of hydrogen-bond acceptors (Lipinski definition) is 6. The van der Waals surface area contributed by atoms with Crippen molar-refractivity contribution in [1.82, 2.24) is 4.90 Å². The third kappa shape index (κ3) is 3.72. The van der Waals surface area contributed by atoms with Crippen LogP contribution in [-0.4, -0.2) is 57.3 Å². The molecule has 1 saturated heterocycles. The molecule has 0 radical (unpaired) electrons. The molecular weight excluding hydrogens is 314 g/mol. The number of hydrogen-bond donors (Lipinski definition) is 0. The Bertz CT molecular complexity index is 609. The van der Waals surface area contributed by atoms with Gasteiger partial charge in [0.1, 0.15) is 11.3 Å². The Kier molecular flexibility index (Phi) is 5.89. The molecule has 1 heterocycles. The number of likely N-dealkylation sites (tertiary alicyclic amines) is 1. The molecule has 1 aromatic rings. The van der Waals surface area contributed by atoms with Crippen LogP contribution in [0.5, 0.6) is 17.2 Å². The average molecular weight is 337 g/mol. The second kappa shape index (κ2) is 7.90. The summed E-state index contributed by atoms with van der Waals surface area (Å²) in [5.74, 6) is 0.280. The normalized spacial score (nSPS) is 14.9. The van der Waals surface area contributed by atoms with E-state index in [-0.39, 0.29) is 11.5 Å². The molecular formula is C17H23NO6. The topological polar surface area (TPSA) is 74.3 Å². The number of amides is 1. The summed E-state index contributed by atoms with van der Waals surface area (Å²) in [7, 11) is 4.40. The molecule has 1 aliphatic rings. The molecule has 0 N–H and O–H groups in total. The lowest BCUT2D eigenvalue weighted by molar-refractivity contribution is -0.138. The summed E-state index contributed by atoms with van der Waals surface area (Å²) in [5, 5.41) is 0. The van der Waals surface area contributed by atoms with Gasteiger partial charge >= 0.3 is 5.97 Å². The smallest absolute Gasteiger partial charge is 0.342 e. The summed E-state index contributed by atoms with van der Waals surface area (Å²) >= 11 is 0. The minimum atomic E-state index is -0.853. The molecule has 0 aliphatic carbocycles. The molecule has 0 aromatic heterocycles. The largest absolute Gasteiger partial charge is 0.496 e. The average Bonchev–Trinajstić information content (AvgIpc) is 3.13. The third-order valence-electron chi connectivity index (χ3n) is 3.97. The quantitative estimate of drug-likeness (QED) is 0.738. The van der Waals surface area contributed by atoms with Gasteiger partial charge in [-0.25, -0.2) is 4.79 Å². The zero-order chi connectivity index (χ0) is 17.7. The second-order valence-corrected chi connectivity index (χ2v) is 5.49. The van der Waals surface area contributed by atoms with Crippen molar-refractivity contribution in [3.05, 3.63) is 17.7 Å². The van der Waals surface area contributed by atoms with Crippen molar-refractivity contribution >= 4 is 11.9 Å². The minimum Gasteiger partial charge on any atom is -0.496 e. The van der Waals surface area contributed by atoms with Crippen molar-refractivity contribution in [2.75, 3.05) is 34.4 Å². The van der Waals surface area contributed by atoms with Crippen molar-refractivity contribution in [1.29, 1.82) is 0 Å². The molecule has 0 saturated carbocycles. The lowest BCUT2D eigenvalue weighted by Gasteiger charge is -2.21. The molecule has 1 amide bonds. The van der Waals surface area contributed by atoms with Crippen LogP contribution >= 0.6 is 0 Å². The van der Waals surface area contributed by atoms with Gasteiger partial charge in [-0.15, -0.1) is 0 Å². The zero-order valence-electron chi connectivity index (χ0n) is 14.5. The number of nitrogens with zero attached hydrogens (tertiary/aromatic N) is 1. The van der Waals surface area contributed by atoms with E-state index in [1.54, 1.807) is 17.9 Å². The lowest BCUT2D eigenvalue weighted by atomic mass is 10.1. The Morgan fingerprint density at radius 2 is 1.50 bits per heavy atom. The van der Waals surface area contributed by atoms with Crippen LogP contribution in [0.2, 0.25) is 0 Å². The first-order chi connectivity index (χ1) is 11.5. The van der Waals surface area contributed by atoms with E-state index >= 15 is 0 Å². The van der Waals surface area contributed by atoms with Gasteiger partial charge in [-0.2, -0.15) is 0 Å². The Labute approximate surface area is 141 Å². The fourth-order valence-electron chi connectivity index (χ4n) is 2.66. The molecule has 1 atom stereocenters. The maximum atomic E-state index is 12.5. The van der Waals surface area contributed by atoms with Crippen LogP contribution in [0, 0.1) is 0 Å². The van der Waals surface area contributed by atoms with Gasteiger partial charge in [-0.3, -0.25) is 4.79 Å². The van der Waals surface area contributed by atoms with Crippen molar-refractivity contribution in [3.63, 3.8) is 0 Å². The molecule has 1 aromatic carbocycles. The van der Waals surface area contributed by atoms with Gasteiger partial charge in [0, 0.05) is 25.2 Å². The van der Waals surface area contributed by atoms with Crippen LogP contribution in [0.15, 0.2) is 12.1 Å². The van der Waals surface area contributed by atoms with Crippen LogP contribution < -0.4 is 14.2 Å². The van der Waals surface area contributed by atoms with Gasteiger partial charge in [0.15, 0.2) is 17.6 Å². The van der Waals surface area contributed by atoms with E-state index in [1.807, 2.05) is 0 Å². The first-order valence-corrected chi connectivity index (χ1v) is 7.81. The summed E-state index contributed by atoms with van der Waals surface area (Å²) in [6, 6.07) is 3.02. The number of carbonyl (C=O) groups excluding carboxylic acids is 2. The highest BCUT2D eigenvalue weighted by atomic mass is 16.6. The maximum absolute atomic E-state index is 12.5. The van der Waals surface area contributed by atoms with E-state index in [9.17, 15) is 9.59 Å². The molecule has 24 heavy (non-hydrogen) atoms. The number of methoxy groups -OCH3 is 3. The monoisotopic (exact) mass is 337 g/mol. The van der Waals surface area contributed by atoms with Crippen LogP contribution in [0.25, 0.3) is 0 Å². The van der Waals surface area contributed by atoms with Gasteiger partial charge < -0.3 is 23.8 Å². The number of carbonyl (C=O) groups is 2. The van der Waals surface area contributed by atoms with Gasteiger partial charge in [0.2, 0.25) is 0 Å². The molecule has 0 bridgehead atoms. The standard InChI is InChI=1S/C17H23NO6/c1-11(16(19)18-7-5-6-8-18)24-17(20)12-9-14(22-3)15(23-4)10-13(12)21-2/h9-11H,5-8H2,1-4H3/t11-/m1/s1. The Balaban J connectivity index is 2.17. The van der Waals surface area contributed by atoms with Crippen LogP contribution in [0.3, 0.4) is 0 Å². The maximum Gasteiger partial charge on any atom is 0.342 e. The molecule has 2 rings (SSSR count). The Hall–Kier alpha value is -2.44. The Morgan fingerprint density at radius 3 is 2.04 bits per heavy atom. The molecule has 7 nitrogen and oxygen atoms in total. The van der Waals surface area contributed by atoms with Crippen LogP contribution in [0.4, 0.5) is 0 Å². The van der Waals surface area contributed by atoms with Gasteiger partial charge in [-0.05, 0) is 19.8 Å². The fraction of sp³-hybridized carbons (Fsp3) is 0.529. The van der Waals surface area contributed by atoms with Crippen LogP contribution in [0.1, 0.15) is 30.1 Å². The predicted molar refractivity (Wildman–Crippen MR) is 86.8 cm³/mol. The van der Waals surface area contributed by atoms with E-state index in [2.05, 4.69) is 0 Å². The molecule has 7 heteroatoms. The summed E-state index contributed by atoms with van der Waals surface area (Å²) in [6.07, 6.45) is 1.11. The van der Waals surface area contributed by atoms with Gasteiger partial charge in [-0.1, -0.05) is 0 Å². The highest BCUT2D eigenvalue weighted by Crippen LogP contribution is 2.35. The van der Waals surface area contributed by atoms with E-state index in [4.69, 9.17) is 18.9 Å². The molecule has 0 spiro atoms. The second-order valence-electron chi connectivity index (χ2n) is 5.49. The SMILES string of the molecule is COc1cc(OC)c(C(=O)O[C@H](C)C(=O)N2CCCC2)cc1OC. The first kappa shape index (κ1) is 17.9. The van der Waals surface area contributed by atoms with E-state index in [0.717, 1.165) is 12.8 Å². The predicted octanol–water partition coefficient (Wildman–Crippen LogP) is 1.88. The van der Waals surface area contributed by atoms with Crippen molar-refractivity contribution in [2.24, 2.45) is 0 Å². The van der Waals surface area contributed by atoms with Crippen molar-refractivity contribution in [2.45, 2.75) is 25.9 Å². The zero-order valence-corrected chi connectivity index (χ0v) is 14.5. The summed E-state index contributed by atoms with van der Waals surface area (Å²) in [5.41, 5.74) is 0.177. The summed E-state index contributed by atoms with van der Waals surface area (Å²) in [6.45, 7) is 2.99. The molecule has 1 aliphatic heterocycles. The van der Waals surface area contributed by atoms with Crippen molar-refractivity contribution in [3.8, 4) is 17.2 Å². The number of benzene rings is 1. The molecule has 132 valence electrons. The highest BCUT2D eigenvalue weighted by Gasteiger charge is 2.28. The summed E-state index contributed by atoms with van der Waals surface area (Å²) < 4.78 is 20.9. The molecule has 1 fully saturated rings. The third-order valence-corrected chi connectivity index (χ3v) is 3.97. The molecule has 0 unspecified atom stereocenters. The number of ether oxygens (including phenoxy) is 4. The van der Waals surface area contributed by atoms with E-state index in [1.165, 1.54) is 27.4 Å². The van der Waals surface area contributed by atoms with E-state index in [0.29, 0.717) is 30.3 Å². The lowest BCUT2D eigenvalue weighted by Crippen LogP contribution is -2.38. The fourth-order valence-corrected chi connectivity index (χ4v) is 2.66. The number of rotatable bonds is 6. The Morgan fingerprint density at radius 1 is 0.958 bits per heavy atom.